The van der Waals surface area contributed by atoms with E-state index in [1.807, 2.05) is 11.9 Å². The number of aromatic nitrogens is 2. The second-order valence-electron chi connectivity index (χ2n) is 8.36. The van der Waals surface area contributed by atoms with Gasteiger partial charge in [0.05, 0.1) is 35.2 Å². The monoisotopic (exact) mass is 487 g/mol. The van der Waals surface area contributed by atoms with Crippen LogP contribution in [0.2, 0.25) is 0 Å². The molecule has 35 heavy (non-hydrogen) atoms. The summed E-state index contributed by atoms with van der Waals surface area (Å²) in [5, 5.41) is 10.3. The first-order valence-electron chi connectivity index (χ1n) is 10.7. The number of carbonyl (C=O) groups excluding carboxylic acids is 1. The Hall–Kier alpha value is -3.93. The Balaban J connectivity index is 1.50. The standard InChI is InChI=1S/C23H21F4N7O/c1-33-18-11-34(10-12(18)8-30-33)22-31-19-13(20(28)35)4-2-5-14(19)21(32-22)29-9-15-16(23(25,26)27)6-3-7-17(15)24/h2-8,21,29H,9-11H2,1H3,(H2,28,35)(H,31,32). The number of nitrogens with one attached hydrogen (secondary N) is 2. The van der Waals surface area contributed by atoms with Gasteiger partial charge >= 0.3 is 6.18 Å². The van der Waals surface area contributed by atoms with Crippen LogP contribution in [0.15, 0.2) is 47.6 Å². The van der Waals surface area contributed by atoms with Crippen molar-refractivity contribution in [3.8, 4) is 0 Å². The van der Waals surface area contributed by atoms with E-state index < -0.39 is 41.7 Å². The van der Waals surface area contributed by atoms with E-state index >= 15 is 0 Å². The Morgan fingerprint density at radius 2 is 2.00 bits per heavy atom. The van der Waals surface area contributed by atoms with Gasteiger partial charge in [0.15, 0.2) is 0 Å². The van der Waals surface area contributed by atoms with Crippen molar-refractivity contribution in [1.29, 1.82) is 0 Å². The highest BCUT2D eigenvalue weighted by Crippen LogP contribution is 2.36. The third kappa shape index (κ3) is 4.09. The Morgan fingerprint density at radius 1 is 1.23 bits per heavy atom. The van der Waals surface area contributed by atoms with E-state index in [0.29, 0.717) is 30.3 Å². The molecule has 0 bridgehead atoms. The van der Waals surface area contributed by atoms with Crippen LogP contribution in [0.25, 0.3) is 0 Å². The molecule has 3 aromatic rings. The summed E-state index contributed by atoms with van der Waals surface area (Å²) in [6, 6.07) is 7.69. The summed E-state index contributed by atoms with van der Waals surface area (Å²) in [4.78, 5) is 18.7. The highest BCUT2D eigenvalue weighted by molar-refractivity contribution is 6.06. The lowest BCUT2D eigenvalue weighted by molar-refractivity contribution is -0.138. The fraction of sp³-hybridized carbons (Fsp3) is 0.261. The molecule has 0 saturated carbocycles. The van der Waals surface area contributed by atoms with Crippen molar-refractivity contribution in [3.05, 3.63) is 81.9 Å². The van der Waals surface area contributed by atoms with Gasteiger partial charge in [-0.3, -0.25) is 14.8 Å². The lowest BCUT2D eigenvalue weighted by atomic mass is 10.0. The molecular weight excluding hydrogens is 466 g/mol. The molecule has 8 nitrogen and oxygen atoms in total. The third-order valence-corrected chi connectivity index (χ3v) is 6.19. The summed E-state index contributed by atoms with van der Waals surface area (Å²) in [6.07, 6.45) is -3.81. The van der Waals surface area contributed by atoms with Gasteiger partial charge < -0.3 is 16.0 Å². The summed E-state index contributed by atoms with van der Waals surface area (Å²) < 4.78 is 56.6. The summed E-state index contributed by atoms with van der Waals surface area (Å²) in [6.45, 7) is 0.554. The average Bonchev–Trinajstić information content (AvgIpc) is 3.38. The maximum atomic E-state index is 14.4. The molecule has 182 valence electrons. The van der Waals surface area contributed by atoms with Crippen LogP contribution in [-0.2, 0) is 32.9 Å². The molecule has 12 heteroatoms. The number of amides is 1. The van der Waals surface area contributed by atoms with Gasteiger partial charge in [-0.1, -0.05) is 18.2 Å². The van der Waals surface area contributed by atoms with Gasteiger partial charge in [0.25, 0.3) is 5.91 Å². The van der Waals surface area contributed by atoms with E-state index in [2.05, 4.69) is 20.7 Å². The molecule has 1 unspecified atom stereocenters. The van der Waals surface area contributed by atoms with Crippen molar-refractivity contribution < 1.29 is 22.4 Å². The highest BCUT2D eigenvalue weighted by atomic mass is 19.4. The predicted octanol–water partition coefficient (Wildman–Crippen LogP) is 3.26. The molecule has 0 saturated heterocycles. The van der Waals surface area contributed by atoms with Crippen LogP contribution in [0, 0.1) is 5.82 Å². The SMILES string of the molecule is Cn1ncc2c1CN(C1=NC(NCc3c(F)cccc3C(F)(F)F)c3cccc(C(N)=O)c3N1)C2. The molecule has 1 aromatic heterocycles. The lowest BCUT2D eigenvalue weighted by Gasteiger charge is -2.31. The minimum absolute atomic E-state index is 0.210. The first kappa shape index (κ1) is 22.8. The first-order valence-corrected chi connectivity index (χ1v) is 10.7. The smallest absolute Gasteiger partial charge is 0.366 e. The van der Waals surface area contributed by atoms with Crippen LogP contribution in [0.3, 0.4) is 0 Å². The van der Waals surface area contributed by atoms with Gasteiger partial charge in [-0.2, -0.15) is 18.3 Å². The molecule has 0 fully saturated rings. The molecule has 0 radical (unpaired) electrons. The molecular formula is C23H21F4N7O. The molecule has 5 rings (SSSR count). The number of rotatable bonds is 4. The molecule has 2 aliphatic rings. The molecule has 1 amide bonds. The third-order valence-electron chi connectivity index (χ3n) is 6.19. The largest absolute Gasteiger partial charge is 0.416 e. The Bertz CT molecular complexity index is 1350. The number of para-hydroxylation sites is 1. The van der Waals surface area contributed by atoms with Gasteiger partial charge in [0.2, 0.25) is 5.96 Å². The fourth-order valence-corrected chi connectivity index (χ4v) is 4.43. The van der Waals surface area contributed by atoms with Gasteiger partial charge in [0.1, 0.15) is 12.0 Å². The summed E-state index contributed by atoms with van der Waals surface area (Å²) >= 11 is 0. The topological polar surface area (TPSA) is 101 Å². The number of nitrogens with zero attached hydrogens (tertiary/aromatic N) is 4. The van der Waals surface area contributed by atoms with Crippen molar-refractivity contribution >= 4 is 17.6 Å². The summed E-state index contributed by atoms with van der Waals surface area (Å²) in [5.41, 5.74) is 7.13. The molecule has 0 spiro atoms. The fourth-order valence-electron chi connectivity index (χ4n) is 4.43. The van der Waals surface area contributed by atoms with Crippen molar-refractivity contribution in [1.82, 2.24) is 20.0 Å². The Morgan fingerprint density at radius 3 is 2.71 bits per heavy atom. The molecule has 3 heterocycles. The molecule has 2 aliphatic heterocycles. The Kier molecular flexibility index (Phi) is 5.47. The summed E-state index contributed by atoms with van der Waals surface area (Å²) in [5.74, 6) is -1.24. The first-order chi connectivity index (χ1) is 16.6. The number of guanidine groups is 1. The molecule has 2 aromatic carbocycles. The quantitative estimate of drug-likeness (QED) is 0.491. The van der Waals surface area contributed by atoms with Gasteiger partial charge in [-0.05, 0) is 18.2 Å². The zero-order valence-corrected chi connectivity index (χ0v) is 18.5. The van der Waals surface area contributed by atoms with Crippen molar-refractivity contribution in [3.63, 3.8) is 0 Å². The highest BCUT2D eigenvalue weighted by Gasteiger charge is 2.35. The van der Waals surface area contributed by atoms with Crippen LogP contribution in [-0.4, -0.2) is 26.5 Å². The zero-order chi connectivity index (χ0) is 24.9. The maximum Gasteiger partial charge on any atom is 0.416 e. The lowest BCUT2D eigenvalue weighted by Crippen LogP contribution is -2.39. The van der Waals surface area contributed by atoms with Crippen LogP contribution < -0.4 is 16.4 Å². The Labute approximate surface area is 197 Å². The number of hydrogen-bond acceptors (Lipinski definition) is 6. The number of primary amides is 1. The number of alkyl halides is 3. The van der Waals surface area contributed by atoms with Crippen molar-refractivity contribution in [2.75, 3.05) is 5.32 Å². The number of nitrogens with two attached hydrogens (primary N) is 1. The van der Waals surface area contributed by atoms with Gasteiger partial charge in [-0.15, -0.1) is 0 Å². The number of aryl methyl sites for hydroxylation is 1. The zero-order valence-electron chi connectivity index (χ0n) is 18.5. The normalized spacial score (nSPS) is 17.0. The van der Waals surface area contributed by atoms with E-state index in [0.717, 1.165) is 29.5 Å². The molecule has 1 atom stereocenters. The number of carbonyl (C=O) groups is 1. The van der Waals surface area contributed by atoms with E-state index in [-0.39, 0.29) is 5.56 Å². The molecule has 0 aliphatic carbocycles. The number of anilines is 1. The number of aliphatic imine (C=N–C) groups is 1. The van der Waals surface area contributed by atoms with E-state index in [1.165, 1.54) is 0 Å². The minimum Gasteiger partial charge on any atom is -0.366 e. The van der Waals surface area contributed by atoms with Crippen molar-refractivity contribution in [2.24, 2.45) is 17.8 Å². The van der Waals surface area contributed by atoms with Crippen LogP contribution in [0.5, 0.6) is 0 Å². The number of fused-ring (bicyclic) bond motifs is 2. The van der Waals surface area contributed by atoms with Crippen LogP contribution in [0.4, 0.5) is 23.2 Å². The summed E-state index contributed by atoms with van der Waals surface area (Å²) in [7, 11) is 1.83. The predicted molar refractivity (Wildman–Crippen MR) is 119 cm³/mol. The number of benzene rings is 2. The van der Waals surface area contributed by atoms with Gasteiger partial charge in [0, 0.05) is 36.8 Å². The van der Waals surface area contributed by atoms with E-state index in [1.54, 1.807) is 29.1 Å². The number of hydrogen-bond donors (Lipinski definition) is 3. The van der Waals surface area contributed by atoms with E-state index in [9.17, 15) is 22.4 Å². The van der Waals surface area contributed by atoms with Gasteiger partial charge in [-0.25, -0.2) is 9.38 Å². The minimum atomic E-state index is -4.71. The maximum absolute atomic E-state index is 14.4. The second-order valence-corrected chi connectivity index (χ2v) is 8.36. The van der Waals surface area contributed by atoms with Crippen LogP contribution >= 0.6 is 0 Å². The van der Waals surface area contributed by atoms with Crippen molar-refractivity contribution in [2.45, 2.75) is 32.0 Å². The molecule has 4 N–H and O–H groups in total. The average molecular weight is 487 g/mol. The number of halogens is 4. The second kappa shape index (κ2) is 8.38. The van der Waals surface area contributed by atoms with Crippen LogP contribution in [0.1, 0.15) is 44.5 Å². The van der Waals surface area contributed by atoms with E-state index in [4.69, 9.17) is 5.73 Å².